The first-order valence-corrected chi connectivity index (χ1v) is 10.2. The fraction of sp³-hybridized carbons (Fsp3) is 0.941. The summed E-state index contributed by atoms with van der Waals surface area (Å²) in [5.41, 5.74) is -0.307. The van der Waals surface area contributed by atoms with Gasteiger partial charge in [0, 0.05) is 16.6 Å². The van der Waals surface area contributed by atoms with Gasteiger partial charge in [-0.05, 0) is 26.7 Å². The summed E-state index contributed by atoms with van der Waals surface area (Å²) < 4.78 is 15.4. The predicted octanol–water partition coefficient (Wildman–Crippen LogP) is 5.79. The van der Waals surface area contributed by atoms with E-state index in [1.807, 2.05) is 6.92 Å². The van der Waals surface area contributed by atoms with Crippen LogP contribution in [0.5, 0.6) is 0 Å². The lowest BCUT2D eigenvalue weighted by Crippen LogP contribution is -2.49. The van der Waals surface area contributed by atoms with E-state index in [2.05, 4.69) is 25.3 Å². The molecule has 1 amide bonds. The molecule has 0 aromatic heterocycles. The minimum atomic E-state index is -2.90. The zero-order chi connectivity index (χ0) is 17.7. The largest absolute Gasteiger partial charge is 0.752 e. The second-order valence-electron chi connectivity index (χ2n) is 6.46. The molecule has 23 heavy (non-hydrogen) atoms. The Kier molecular flexibility index (Phi) is 12.3. The maximum atomic E-state index is 12.2. The molecule has 1 atom stereocenters. The number of rotatable bonds is 13. The number of unbranched alkanes of at least 4 members (excludes halogenated alkanes) is 6. The number of hydrogen-bond acceptors (Lipinski definition) is 3. The number of carbonyl (C=O) groups excluding carboxylic acids is 1. The topological polar surface area (TPSA) is 66.8 Å². The summed E-state index contributed by atoms with van der Waals surface area (Å²) in [7, 11) is -2.90. The summed E-state index contributed by atoms with van der Waals surface area (Å²) in [4.78, 5) is 22.7. The summed E-state index contributed by atoms with van der Waals surface area (Å²) in [5.74, 6) is 0. The molecule has 0 heterocycles. The van der Waals surface area contributed by atoms with Crippen molar-refractivity contribution in [3.05, 3.63) is 0 Å². The van der Waals surface area contributed by atoms with Crippen molar-refractivity contribution in [2.75, 3.05) is 6.54 Å². The molecule has 0 fully saturated rings. The van der Waals surface area contributed by atoms with Crippen LogP contribution in [0.4, 0.5) is 4.79 Å². The van der Waals surface area contributed by atoms with Crippen molar-refractivity contribution in [2.24, 2.45) is 0 Å². The Labute approximate surface area is 142 Å². The third-order valence-electron chi connectivity index (χ3n) is 4.48. The average molecular weight is 348 g/mol. The number of hydrogen-bond donors (Lipinski definition) is 1. The molecule has 0 saturated carbocycles. The standard InChI is InChI=1S/C17H34NO4P/c1-5-8-10-12-14-17(4,15-13-11-9-6-2)18(7-3)16(19)22-23(20)21/h5-15H2,1-4H3/p+1. The molecule has 0 bridgehead atoms. The first kappa shape index (κ1) is 22.3. The second-order valence-corrected chi connectivity index (χ2v) is 7.12. The van der Waals surface area contributed by atoms with Crippen LogP contribution in [-0.2, 0) is 9.09 Å². The van der Waals surface area contributed by atoms with Crippen molar-refractivity contribution in [3.8, 4) is 0 Å². The molecular weight excluding hydrogens is 313 g/mol. The molecule has 5 nitrogen and oxygen atoms in total. The molecule has 1 N–H and O–H groups in total. The third-order valence-corrected chi connectivity index (χ3v) is 4.79. The molecule has 0 rings (SSSR count). The maximum absolute atomic E-state index is 12.2. The molecule has 0 aromatic rings. The number of nitrogens with zero attached hydrogens (tertiary/aromatic N) is 1. The Morgan fingerprint density at radius 1 is 1.00 bits per heavy atom. The van der Waals surface area contributed by atoms with Crippen LogP contribution in [0, 0.1) is 0 Å². The van der Waals surface area contributed by atoms with Gasteiger partial charge in [0.2, 0.25) is 0 Å². The Hall–Kier alpha value is -0.670. The Morgan fingerprint density at radius 2 is 1.48 bits per heavy atom. The molecule has 1 unspecified atom stereocenters. The Morgan fingerprint density at radius 3 is 1.83 bits per heavy atom. The van der Waals surface area contributed by atoms with Gasteiger partial charge in [0.05, 0.1) is 0 Å². The van der Waals surface area contributed by atoms with Crippen LogP contribution in [-0.4, -0.2) is 28.0 Å². The lowest BCUT2D eigenvalue weighted by Gasteiger charge is -2.39. The van der Waals surface area contributed by atoms with E-state index in [0.717, 1.165) is 38.5 Å². The van der Waals surface area contributed by atoms with Gasteiger partial charge in [0.15, 0.2) is 0 Å². The van der Waals surface area contributed by atoms with Gasteiger partial charge in [-0.2, -0.15) is 4.52 Å². The quantitative estimate of drug-likeness (QED) is 0.338. The molecule has 0 aliphatic heterocycles. The SMILES string of the molecule is CCCCCCC(C)(CCCCCC)N(CC)C(=O)O[P+](=O)O. The summed E-state index contributed by atoms with van der Waals surface area (Å²) in [6, 6.07) is 0. The molecule has 136 valence electrons. The van der Waals surface area contributed by atoms with E-state index >= 15 is 0 Å². The van der Waals surface area contributed by atoms with Crippen molar-refractivity contribution in [1.29, 1.82) is 0 Å². The van der Waals surface area contributed by atoms with Crippen molar-refractivity contribution < 1.29 is 18.8 Å². The van der Waals surface area contributed by atoms with Gasteiger partial charge in [-0.3, -0.25) is 4.90 Å². The predicted molar refractivity (Wildman–Crippen MR) is 94.6 cm³/mol. The monoisotopic (exact) mass is 348 g/mol. The van der Waals surface area contributed by atoms with Crippen LogP contribution in [0.2, 0.25) is 0 Å². The minimum Gasteiger partial charge on any atom is -0.299 e. The van der Waals surface area contributed by atoms with E-state index in [1.54, 1.807) is 4.90 Å². The van der Waals surface area contributed by atoms with Gasteiger partial charge >= 0.3 is 14.3 Å². The van der Waals surface area contributed by atoms with Crippen LogP contribution < -0.4 is 0 Å². The van der Waals surface area contributed by atoms with Crippen molar-refractivity contribution in [1.82, 2.24) is 4.90 Å². The highest BCUT2D eigenvalue weighted by atomic mass is 31.1. The van der Waals surface area contributed by atoms with Crippen LogP contribution in [0.15, 0.2) is 0 Å². The van der Waals surface area contributed by atoms with Gasteiger partial charge in [0.1, 0.15) is 0 Å². The van der Waals surface area contributed by atoms with Gasteiger partial charge < -0.3 is 0 Å². The molecule has 6 heteroatoms. The third kappa shape index (κ3) is 9.26. The molecule has 0 aliphatic carbocycles. The first-order valence-electron chi connectivity index (χ1n) is 9.07. The van der Waals surface area contributed by atoms with E-state index in [-0.39, 0.29) is 5.54 Å². The lowest BCUT2D eigenvalue weighted by molar-refractivity contribution is 0.0781. The smallest absolute Gasteiger partial charge is 0.299 e. The van der Waals surface area contributed by atoms with Crippen LogP contribution >= 0.6 is 8.25 Å². The van der Waals surface area contributed by atoms with Gasteiger partial charge in [-0.15, -0.1) is 4.89 Å². The fourth-order valence-corrected chi connectivity index (χ4v) is 3.34. The second kappa shape index (κ2) is 12.7. The lowest BCUT2D eigenvalue weighted by atomic mass is 9.86. The maximum Gasteiger partial charge on any atom is 0.752 e. The van der Waals surface area contributed by atoms with Crippen LogP contribution in [0.25, 0.3) is 0 Å². The highest BCUT2D eigenvalue weighted by Gasteiger charge is 2.38. The van der Waals surface area contributed by atoms with Gasteiger partial charge in [0.25, 0.3) is 0 Å². The molecule has 0 spiro atoms. The van der Waals surface area contributed by atoms with E-state index in [0.29, 0.717) is 6.54 Å². The van der Waals surface area contributed by atoms with E-state index in [1.165, 1.54) is 25.7 Å². The molecule has 0 radical (unpaired) electrons. The fourth-order valence-electron chi connectivity index (χ4n) is 3.11. The van der Waals surface area contributed by atoms with E-state index < -0.39 is 14.3 Å². The number of carbonyl (C=O) groups is 1. The summed E-state index contributed by atoms with van der Waals surface area (Å²) >= 11 is 0. The Balaban J connectivity index is 4.86. The summed E-state index contributed by atoms with van der Waals surface area (Å²) in [6.07, 6.45) is 10.3. The van der Waals surface area contributed by atoms with Gasteiger partial charge in [-0.25, -0.2) is 4.79 Å². The van der Waals surface area contributed by atoms with Crippen LogP contribution in [0.1, 0.15) is 91.9 Å². The van der Waals surface area contributed by atoms with Crippen molar-refractivity contribution in [2.45, 2.75) is 97.4 Å². The average Bonchev–Trinajstić information content (AvgIpc) is 2.48. The zero-order valence-electron chi connectivity index (χ0n) is 15.3. The highest BCUT2D eigenvalue weighted by molar-refractivity contribution is 7.32. The number of amides is 1. The van der Waals surface area contributed by atoms with Gasteiger partial charge in [-0.1, -0.05) is 65.2 Å². The van der Waals surface area contributed by atoms with Crippen molar-refractivity contribution in [3.63, 3.8) is 0 Å². The minimum absolute atomic E-state index is 0.307. The van der Waals surface area contributed by atoms with Crippen molar-refractivity contribution >= 4 is 14.3 Å². The molecule has 0 aromatic carbocycles. The van der Waals surface area contributed by atoms with E-state index in [4.69, 9.17) is 4.89 Å². The van der Waals surface area contributed by atoms with E-state index in [9.17, 15) is 9.36 Å². The summed E-state index contributed by atoms with van der Waals surface area (Å²) in [6.45, 7) is 8.82. The highest BCUT2D eigenvalue weighted by Crippen LogP contribution is 2.31. The van der Waals surface area contributed by atoms with Crippen LogP contribution in [0.3, 0.4) is 0 Å². The normalized spacial score (nSPS) is 12.1. The zero-order valence-corrected chi connectivity index (χ0v) is 16.2. The first-order chi connectivity index (χ1) is 10.9. The Bertz CT molecular complexity index is 337. The molecule has 0 saturated heterocycles. The molecular formula is C17H35NO4P+. The summed E-state index contributed by atoms with van der Waals surface area (Å²) in [5, 5.41) is 0. The molecule has 0 aliphatic rings.